The van der Waals surface area contributed by atoms with Gasteiger partial charge in [0.25, 0.3) is 0 Å². The number of piperidine rings is 1. The van der Waals surface area contributed by atoms with Crippen LogP contribution >= 0.6 is 0 Å². The number of fused-ring (bicyclic) bond motifs is 2. The van der Waals surface area contributed by atoms with Crippen LogP contribution in [-0.2, 0) is 0 Å². The van der Waals surface area contributed by atoms with Crippen LogP contribution in [-0.4, -0.2) is 55.7 Å². The summed E-state index contributed by atoms with van der Waals surface area (Å²) in [6, 6.07) is 13.7. The summed E-state index contributed by atoms with van der Waals surface area (Å²) in [6.07, 6.45) is 9.76. The summed E-state index contributed by atoms with van der Waals surface area (Å²) in [7, 11) is 2.15. The fourth-order valence-corrected chi connectivity index (χ4v) is 4.52. The molecule has 1 aliphatic heterocycles. The molecule has 0 bridgehead atoms. The SMILES string of the molecule is CN1CCC(Oc2ccc(-c3cnc4c(-c5cccc6nc(N)ccc56)cnn4c3)nc2)CC1. The predicted molar refractivity (Wildman–Crippen MR) is 133 cm³/mol. The number of pyridine rings is 2. The van der Waals surface area contributed by atoms with E-state index in [2.05, 4.69) is 33.1 Å². The molecule has 170 valence electrons. The van der Waals surface area contributed by atoms with Crippen molar-refractivity contribution in [3.05, 3.63) is 67.3 Å². The van der Waals surface area contributed by atoms with E-state index in [9.17, 15) is 0 Å². The van der Waals surface area contributed by atoms with Gasteiger partial charge in [-0.15, -0.1) is 0 Å². The molecule has 0 saturated carbocycles. The van der Waals surface area contributed by atoms with E-state index in [0.717, 1.165) is 70.6 Å². The van der Waals surface area contributed by atoms with Crippen molar-refractivity contribution in [2.75, 3.05) is 25.9 Å². The molecule has 5 aromatic rings. The molecule has 1 aromatic carbocycles. The zero-order chi connectivity index (χ0) is 23.1. The number of benzene rings is 1. The lowest BCUT2D eigenvalue weighted by Gasteiger charge is -2.29. The molecule has 0 atom stereocenters. The van der Waals surface area contributed by atoms with Gasteiger partial charge in [-0.05, 0) is 55.8 Å². The number of hydrogen-bond donors (Lipinski definition) is 1. The van der Waals surface area contributed by atoms with Crippen molar-refractivity contribution in [2.45, 2.75) is 18.9 Å². The van der Waals surface area contributed by atoms with Crippen LogP contribution in [0.25, 0.3) is 38.9 Å². The van der Waals surface area contributed by atoms with E-state index in [1.807, 2.05) is 55.0 Å². The summed E-state index contributed by atoms with van der Waals surface area (Å²) < 4.78 is 7.91. The summed E-state index contributed by atoms with van der Waals surface area (Å²) in [4.78, 5) is 16.1. The van der Waals surface area contributed by atoms with E-state index in [1.54, 1.807) is 10.7 Å². The summed E-state index contributed by atoms with van der Waals surface area (Å²) in [5.74, 6) is 1.31. The number of anilines is 1. The molecule has 0 amide bonds. The molecule has 1 aliphatic rings. The minimum absolute atomic E-state index is 0.255. The number of nitrogens with zero attached hydrogens (tertiary/aromatic N) is 6. The van der Waals surface area contributed by atoms with E-state index in [0.29, 0.717) is 5.82 Å². The third kappa shape index (κ3) is 3.82. The van der Waals surface area contributed by atoms with E-state index >= 15 is 0 Å². The molecule has 4 aromatic heterocycles. The molecule has 1 saturated heterocycles. The first-order valence-corrected chi connectivity index (χ1v) is 11.4. The minimum atomic E-state index is 0.255. The second-order valence-electron chi connectivity index (χ2n) is 8.78. The predicted octanol–water partition coefficient (Wildman–Crippen LogP) is 4.06. The molecule has 0 unspecified atom stereocenters. The van der Waals surface area contributed by atoms with Crippen LogP contribution in [0.4, 0.5) is 5.82 Å². The van der Waals surface area contributed by atoms with Gasteiger partial charge >= 0.3 is 0 Å². The first-order chi connectivity index (χ1) is 16.6. The summed E-state index contributed by atoms with van der Waals surface area (Å²) in [5.41, 5.74) is 11.2. The number of rotatable bonds is 4. The highest BCUT2D eigenvalue weighted by atomic mass is 16.5. The lowest BCUT2D eigenvalue weighted by Crippen LogP contribution is -2.35. The fraction of sp³-hybridized carbons (Fsp3) is 0.231. The zero-order valence-electron chi connectivity index (χ0n) is 18.9. The molecule has 5 heterocycles. The molecule has 8 nitrogen and oxygen atoms in total. The Balaban J connectivity index is 1.27. The van der Waals surface area contributed by atoms with Crippen LogP contribution in [0.3, 0.4) is 0 Å². The Morgan fingerprint density at radius 3 is 2.65 bits per heavy atom. The molecule has 6 rings (SSSR count). The monoisotopic (exact) mass is 451 g/mol. The number of hydrogen-bond acceptors (Lipinski definition) is 7. The standard InChI is InChI=1S/C26H25N7O/c1-32-11-9-18(10-12-32)34-19-5-7-23(28-14-19)17-13-29-26-22(15-30-33(26)16-17)20-3-2-4-24-21(20)6-8-25(27)31-24/h2-8,13-16,18H,9-12H2,1H3,(H2,27,31). The number of nitrogen functional groups attached to an aromatic ring is 1. The minimum Gasteiger partial charge on any atom is -0.489 e. The van der Waals surface area contributed by atoms with Crippen molar-refractivity contribution in [2.24, 2.45) is 0 Å². The Hall–Kier alpha value is -4.04. The van der Waals surface area contributed by atoms with Gasteiger partial charge in [-0.25, -0.2) is 14.5 Å². The lowest BCUT2D eigenvalue weighted by molar-refractivity contribution is 0.114. The van der Waals surface area contributed by atoms with Gasteiger partial charge in [-0.1, -0.05) is 12.1 Å². The number of nitrogens with two attached hydrogens (primary N) is 1. The van der Waals surface area contributed by atoms with E-state index in [-0.39, 0.29) is 6.10 Å². The van der Waals surface area contributed by atoms with Crippen molar-refractivity contribution < 1.29 is 4.74 Å². The maximum Gasteiger partial charge on any atom is 0.162 e. The van der Waals surface area contributed by atoms with Crippen molar-refractivity contribution in [1.82, 2.24) is 29.5 Å². The van der Waals surface area contributed by atoms with Crippen molar-refractivity contribution >= 4 is 22.4 Å². The Kier molecular flexibility index (Phi) is 5.07. The highest BCUT2D eigenvalue weighted by molar-refractivity contribution is 5.98. The van der Waals surface area contributed by atoms with Gasteiger partial charge < -0.3 is 15.4 Å². The number of likely N-dealkylation sites (tertiary alicyclic amines) is 1. The van der Waals surface area contributed by atoms with Crippen LogP contribution in [0.15, 0.2) is 67.3 Å². The molecule has 0 aliphatic carbocycles. The average Bonchev–Trinajstić information content (AvgIpc) is 3.28. The molecule has 34 heavy (non-hydrogen) atoms. The quantitative estimate of drug-likeness (QED) is 0.440. The Labute approximate surface area is 197 Å². The van der Waals surface area contributed by atoms with Gasteiger partial charge in [0.2, 0.25) is 0 Å². The van der Waals surface area contributed by atoms with Gasteiger partial charge in [0, 0.05) is 42.0 Å². The largest absolute Gasteiger partial charge is 0.489 e. The maximum absolute atomic E-state index is 6.12. The van der Waals surface area contributed by atoms with Crippen molar-refractivity contribution in [3.8, 4) is 28.1 Å². The van der Waals surface area contributed by atoms with E-state index in [1.165, 1.54) is 0 Å². The first kappa shape index (κ1) is 20.6. The zero-order valence-corrected chi connectivity index (χ0v) is 18.9. The molecule has 2 N–H and O–H groups in total. The number of ether oxygens (including phenoxy) is 1. The Morgan fingerprint density at radius 1 is 0.941 bits per heavy atom. The molecule has 0 radical (unpaired) electrons. The van der Waals surface area contributed by atoms with Crippen LogP contribution < -0.4 is 10.5 Å². The van der Waals surface area contributed by atoms with Gasteiger partial charge in [-0.3, -0.25) is 4.98 Å². The topological polar surface area (TPSA) is 94.5 Å². The molecular formula is C26H25N7O. The van der Waals surface area contributed by atoms with E-state index < -0.39 is 0 Å². The van der Waals surface area contributed by atoms with Gasteiger partial charge in [-0.2, -0.15) is 5.10 Å². The second-order valence-corrected chi connectivity index (χ2v) is 8.78. The lowest BCUT2D eigenvalue weighted by atomic mass is 10.0. The molecular weight excluding hydrogens is 426 g/mol. The summed E-state index contributed by atoms with van der Waals surface area (Å²) in [6.45, 7) is 2.13. The second kappa shape index (κ2) is 8.39. The Morgan fingerprint density at radius 2 is 1.82 bits per heavy atom. The third-order valence-electron chi connectivity index (χ3n) is 6.40. The van der Waals surface area contributed by atoms with E-state index in [4.69, 9.17) is 15.5 Å². The van der Waals surface area contributed by atoms with Crippen molar-refractivity contribution in [1.29, 1.82) is 0 Å². The third-order valence-corrected chi connectivity index (χ3v) is 6.40. The fourth-order valence-electron chi connectivity index (χ4n) is 4.52. The molecule has 1 fully saturated rings. The molecule has 8 heteroatoms. The number of aromatic nitrogens is 5. The normalized spacial score (nSPS) is 15.2. The maximum atomic E-state index is 6.12. The van der Waals surface area contributed by atoms with Crippen LogP contribution in [0.2, 0.25) is 0 Å². The van der Waals surface area contributed by atoms with Gasteiger partial charge in [0.1, 0.15) is 17.7 Å². The smallest absolute Gasteiger partial charge is 0.162 e. The molecule has 0 spiro atoms. The average molecular weight is 452 g/mol. The highest BCUT2D eigenvalue weighted by Crippen LogP contribution is 2.31. The van der Waals surface area contributed by atoms with Gasteiger partial charge in [0.05, 0.1) is 23.6 Å². The van der Waals surface area contributed by atoms with Crippen LogP contribution in [0.5, 0.6) is 5.75 Å². The van der Waals surface area contributed by atoms with Crippen molar-refractivity contribution in [3.63, 3.8) is 0 Å². The first-order valence-electron chi connectivity index (χ1n) is 11.4. The van der Waals surface area contributed by atoms with Gasteiger partial charge in [0.15, 0.2) is 5.65 Å². The highest BCUT2D eigenvalue weighted by Gasteiger charge is 2.18. The summed E-state index contributed by atoms with van der Waals surface area (Å²) >= 11 is 0. The van der Waals surface area contributed by atoms with Crippen LogP contribution in [0, 0.1) is 0 Å². The van der Waals surface area contributed by atoms with Crippen LogP contribution in [0.1, 0.15) is 12.8 Å². The Bertz CT molecular complexity index is 1470. The summed E-state index contributed by atoms with van der Waals surface area (Å²) in [5, 5.41) is 5.57.